The number of esters is 1. The van der Waals surface area contributed by atoms with Gasteiger partial charge in [-0.05, 0) is 54.1 Å². The van der Waals surface area contributed by atoms with Crippen molar-refractivity contribution in [3.05, 3.63) is 95.6 Å². The second-order valence-corrected chi connectivity index (χ2v) is 6.17. The number of hydrogen-bond acceptors (Lipinski definition) is 4. The van der Waals surface area contributed by atoms with E-state index in [0.29, 0.717) is 16.8 Å². The van der Waals surface area contributed by atoms with Crippen molar-refractivity contribution in [1.82, 2.24) is 0 Å². The lowest BCUT2D eigenvalue weighted by Crippen LogP contribution is -2.17. The zero-order chi connectivity index (χ0) is 21.6. The Labute approximate surface area is 170 Å². The maximum Gasteiger partial charge on any atom is 0.573 e. The lowest BCUT2D eigenvalue weighted by atomic mass is 10.1. The fourth-order valence-electron chi connectivity index (χ4n) is 2.50. The monoisotopic (exact) mass is 415 g/mol. The number of amides is 1. The number of nitrogens with one attached hydrogen (secondary N) is 1. The van der Waals surface area contributed by atoms with E-state index in [1.807, 2.05) is 18.2 Å². The Morgan fingerprint density at radius 1 is 0.800 bits per heavy atom. The molecule has 3 aromatic carbocycles. The van der Waals surface area contributed by atoms with Gasteiger partial charge in [-0.15, -0.1) is 13.2 Å². The Kier molecular flexibility index (Phi) is 6.36. The summed E-state index contributed by atoms with van der Waals surface area (Å²) in [6, 6.07) is 19.9. The molecule has 0 radical (unpaired) electrons. The van der Waals surface area contributed by atoms with E-state index in [1.54, 1.807) is 36.4 Å². The van der Waals surface area contributed by atoms with Crippen LogP contribution in [-0.4, -0.2) is 18.2 Å². The van der Waals surface area contributed by atoms with Crippen LogP contribution in [-0.2, 0) is 11.3 Å². The van der Waals surface area contributed by atoms with Crippen LogP contribution in [0, 0.1) is 0 Å². The third-order valence-electron chi connectivity index (χ3n) is 3.94. The summed E-state index contributed by atoms with van der Waals surface area (Å²) in [5.74, 6) is -1.39. The molecule has 0 bridgehead atoms. The number of alkyl halides is 3. The Balaban J connectivity index is 1.53. The predicted octanol–water partition coefficient (Wildman–Crippen LogP) is 5.19. The van der Waals surface area contributed by atoms with Crippen LogP contribution >= 0.6 is 0 Å². The second kappa shape index (κ2) is 9.13. The summed E-state index contributed by atoms with van der Waals surface area (Å²) in [6.07, 6.45) is -4.80. The van der Waals surface area contributed by atoms with Crippen LogP contribution < -0.4 is 10.1 Å². The van der Waals surface area contributed by atoms with E-state index in [0.717, 1.165) is 12.1 Å². The maximum absolute atomic E-state index is 12.2. The number of rotatable bonds is 6. The van der Waals surface area contributed by atoms with Crippen molar-refractivity contribution < 1.29 is 32.2 Å². The molecule has 0 aromatic heterocycles. The van der Waals surface area contributed by atoms with Gasteiger partial charge >= 0.3 is 12.3 Å². The first-order valence-electron chi connectivity index (χ1n) is 8.78. The molecule has 0 saturated carbocycles. The molecule has 0 aliphatic heterocycles. The van der Waals surface area contributed by atoms with E-state index >= 15 is 0 Å². The summed E-state index contributed by atoms with van der Waals surface area (Å²) in [5, 5.41) is 2.76. The maximum atomic E-state index is 12.2. The first-order valence-corrected chi connectivity index (χ1v) is 8.78. The van der Waals surface area contributed by atoms with Crippen LogP contribution in [0.3, 0.4) is 0 Å². The number of carbonyl (C=O) groups excluding carboxylic acids is 2. The van der Waals surface area contributed by atoms with Crippen molar-refractivity contribution in [2.45, 2.75) is 13.0 Å². The summed E-state index contributed by atoms with van der Waals surface area (Å²) < 4.78 is 45.4. The lowest BCUT2D eigenvalue weighted by Gasteiger charge is -2.09. The van der Waals surface area contributed by atoms with Gasteiger partial charge in [0, 0.05) is 11.3 Å². The van der Waals surface area contributed by atoms with Gasteiger partial charge in [0.1, 0.15) is 12.4 Å². The van der Waals surface area contributed by atoms with Crippen LogP contribution in [0.1, 0.15) is 26.3 Å². The van der Waals surface area contributed by atoms with Crippen LogP contribution in [0.25, 0.3) is 0 Å². The standard InChI is InChI=1S/C22H16F3NO4/c23-22(24,25)30-19-12-10-17(11-13-19)21(28)29-14-15-6-8-16(9-7-15)20(27)26-18-4-2-1-3-5-18/h1-13H,14H2,(H,26,27). The summed E-state index contributed by atoms with van der Waals surface area (Å²) >= 11 is 0. The number of carbonyl (C=O) groups is 2. The molecule has 3 aromatic rings. The molecule has 0 unspecified atom stereocenters. The third-order valence-corrected chi connectivity index (χ3v) is 3.94. The third kappa shape index (κ3) is 6.10. The molecule has 0 aliphatic carbocycles. The van der Waals surface area contributed by atoms with Crippen molar-refractivity contribution in [2.24, 2.45) is 0 Å². The number of halogens is 3. The minimum Gasteiger partial charge on any atom is -0.457 e. The van der Waals surface area contributed by atoms with Gasteiger partial charge in [-0.3, -0.25) is 4.79 Å². The van der Waals surface area contributed by atoms with Gasteiger partial charge < -0.3 is 14.8 Å². The van der Waals surface area contributed by atoms with Gasteiger partial charge in [0.05, 0.1) is 5.56 Å². The molecule has 0 aliphatic rings. The average molecular weight is 415 g/mol. The topological polar surface area (TPSA) is 64.6 Å². The predicted molar refractivity (Wildman–Crippen MR) is 103 cm³/mol. The number of hydrogen-bond donors (Lipinski definition) is 1. The highest BCUT2D eigenvalue weighted by Gasteiger charge is 2.31. The van der Waals surface area contributed by atoms with Gasteiger partial charge in [-0.25, -0.2) is 4.79 Å². The van der Waals surface area contributed by atoms with E-state index in [9.17, 15) is 22.8 Å². The van der Waals surface area contributed by atoms with E-state index in [2.05, 4.69) is 10.1 Å². The van der Waals surface area contributed by atoms with Gasteiger partial charge in [0.2, 0.25) is 0 Å². The fraction of sp³-hybridized carbons (Fsp3) is 0.0909. The van der Waals surface area contributed by atoms with E-state index in [4.69, 9.17) is 4.74 Å². The van der Waals surface area contributed by atoms with Crippen molar-refractivity contribution in [3.63, 3.8) is 0 Å². The largest absolute Gasteiger partial charge is 0.573 e. The molecular weight excluding hydrogens is 399 g/mol. The molecule has 0 heterocycles. The molecule has 30 heavy (non-hydrogen) atoms. The van der Waals surface area contributed by atoms with Crippen molar-refractivity contribution >= 4 is 17.6 Å². The van der Waals surface area contributed by atoms with E-state index in [1.165, 1.54) is 12.1 Å². The highest BCUT2D eigenvalue weighted by molar-refractivity contribution is 6.04. The highest BCUT2D eigenvalue weighted by atomic mass is 19.4. The van der Waals surface area contributed by atoms with E-state index < -0.39 is 18.1 Å². The van der Waals surface area contributed by atoms with Crippen LogP contribution in [0.5, 0.6) is 5.75 Å². The Morgan fingerprint density at radius 3 is 2.00 bits per heavy atom. The molecule has 0 saturated heterocycles. The summed E-state index contributed by atoms with van der Waals surface area (Å²) in [5.41, 5.74) is 1.85. The second-order valence-electron chi connectivity index (χ2n) is 6.17. The number of anilines is 1. The lowest BCUT2D eigenvalue weighted by molar-refractivity contribution is -0.274. The molecular formula is C22H16F3NO4. The van der Waals surface area contributed by atoms with Crippen LogP contribution in [0.2, 0.25) is 0 Å². The van der Waals surface area contributed by atoms with Crippen LogP contribution in [0.15, 0.2) is 78.9 Å². The minimum absolute atomic E-state index is 0.0553. The first-order chi connectivity index (χ1) is 14.3. The van der Waals surface area contributed by atoms with Gasteiger partial charge in [0.15, 0.2) is 0 Å². The molecule has 0 fully saturated rings. The Hall–Kier alpha value is -3.81. The average Bonchev–Trinajstić information content (AvgIpc) is 2.72. The summed E-state index contributed by atoms with van der Waals surface area (Å²) in [7, 11) is 0. The molecule has 154 valence electrons. The zero-order valence-electron chi connectivity index (χ0n) is 15.5. The van der Waals surface area contributed by atoms with Crippen LogP contribution in [0.4, 0.5) is 18.9 Å². The molecule has 3 rings (SSSR count). The molecule has 1 amide bonds. The fourth-order valence-corrected chi connectivity index (χ4v) is 2.50. The van der Waals surface area contributed by atoms with Gasteiger partial charge in [0.25, 0.3) is 5.91 Å². The molecule has 1 N–H and O–H groups in total. The number of para-hydroxylation sites is 1. The summed E-state index contributed by atoms with van der Waals surface area (Å²) in [4.78, 5) is 24.3. The molecule has 5 nitrogen and oxygen atoms in total. The van der Waals surface area contributed by atoms with Gasteiger partial charge in [-0.2, -0.15) is 0 Å². The molecule has 0 spiro atoms. The number of ether oxygens (including phenoxy) is 2. The normalized spacial score (nSPS) is 10.9. The SMILES string of the molecule is O=C(Nc1ccccc1)c1ccc(COC(=O)c2ccc(OC(F)(F)F)cc2)cc1. The zero-order valence-corrected chi connectivity index (χ0v) is 15.5. The Morgan fingerprint density at radius 2 is 1.40 bits per heavy atom. The number of benzene rings is 3. The van der Waals surface area contributed by atoms with Crippen molar-refractivity contribution in [1.29, 1.82) is 0 Å². The first kappa shape index (κ1) is 20.9. The smallest absolute Gasteiger partial charge is 0.457 e. The van der Waals surface area contributed by atoms with E-state index in [-0.39, 0.29) is 18.1 Å². The summed E-state index contributed by atoms with van der Waals surface area (Å²) in [6.45, 7) is -0.0553. The van der Waals surface area contributed by atoms with Crippen molar-refractivity contribution in [3.8, 4) is 5.75 Å². The Bertz CT molecular complexity index is 1000. The molecule has 8 heteroatoms. The molecule has 0 atom stereocenters. The van der Waals surface area contributed by atoms with Crippen molar-refractivity contribution in [2.75, 3.05) is 5.32 Å². The minimum atomic E-state index is -4.80. The quantitative estimate of drug-likeness (QED) is 0.563. The van der Waals surface area contributed by atoms with Gasteiger partial charge in [-0.1, -0.05) is 30.3 Å². The highest BCUT2D eigenvalue weighted by Crippen LogP contribution is 2.23.